The molecule has 0 spiro atoms. The molecule has 2 N–H and O–H groups in total. The first-order chi connectivity index (χ1) is 15.6. The smallest absolute Gasteiger partial charge is 0.338 e. The number of carbonyl (C=O) groups excluding carboxylic acids is 2. The average Bonchev–Trinajstić information content (AvgIpc) is 2.76. The minimum absolute atomic E-state index is 0.0403. The Morgan fingerprint density at radius 2 is 1.58 bits per heavy atom. The second-order valence-electron chi connectivity index (χ2n) is 6.48. The van der Waals surface area contributed by atoms with Crippen LogP contribution in [0.15, 0.2) is 65.6 Å². The molecule has 0 radical (unpaired) electrons. The molecule has 0 aromatic heterocycles. The van der Waals surface area contributed by atoms with Gasteiger partial charge in [0.1, 0.15) is 0 Å². The lowest BCUT2D eigenvalue weighted by molar-refractivity contribution is -0.119. The molecule has 0 saturated carbocycles. The molecule has 0 bridgehead atoms. The highest BCUT2D eigenvalue weighted by Crippen LogP contribution is 2.29. The van der Waals surface area contributed by atoms with Crippen molar-refractivity contribution in [1.82, 2.24) is 0 Å². The van der Waals surface area contributed by atoms with Gasteiger partial charge in [0, 0.05) is 5.69 Å². The number of nitrogens with one attached hydrogen (secondary N) is 2. The number of hydrogen-bond donors (Lipinski definition) is 2. The van der Waals surface area contributed by atoms with E-state index in [0.29, 0.717) is 12.1 Å². The van der Waals surface area contributed by atoms with E-state index >= 15 is 0 Å². The summed E-state index contributed by atoms with van der Waals surface area (Å²) in [5.41, 5.74) is 0.0565. The number of amides is 1. The minimum atomic E-state index is -4.26. The van der Waals surface area contributed by atoms with Gasteiger partial charge in [-0.3, -0.25) is 9.52 Å². The van der Waals surface area contributed by atoms with E-state index in [-0.39, 0.29) is 27.0 Å². The largest absolute Gasteiger partial charge is 0.452 e. The van der Waals surface area contributed by atoms with Gasteiger partial charge in [-0.1, -0.05) is 35.3 Å². The number of carbonyl (C=O) groups is 2. The molecule has 0 fully saturated rings. The molecule has 0 aliphatic heterocycles. The molecule has 0 saturated heterocycles. The van der Waals surface area contributed by atoms with E-state index in [4.69, 9.17) is 27.9 Å². The van der Waals surface area contributed by atoms with Gasteiger partial charge >= 0.3 is 5.97 Å². The van der Waals surface area contributed by atoms with Crippen molar-refractivity contribution in [2.24, 2.45) is 0 Å². The van der Waals surface area contributed by atoms with Crippen LogP contribution in [0.25, 0.3) is 0 Å². The Kier molecular flexibility index (Phi) is 7.52. The summed E-state index contributed by atoms with van der Waals surface area (Å²) in [4.78, 5) is 23.8. The first-order valence-electron chi connectivity index (χ1n) is 9.06. The summed E-state index contributed by atoms with van der Waals surface area (Å²) >= 11 is 11.9. The molecule has 7 nitrogen and oxygen atoms in total. The van der Waals surface area contributed by atoms with Gasteiger partial charge in [0.15, 0.2) is 18.2 Å². The van der Waals surface area contributed by atoms with Gasteiger partial charge < -0.3 is 10.1 Å². The predicted molar refractivity (Wildman–Crippen MR) is 119 cm³/mol. The third-order valence-electron chi connectivity index (χ3n) is 4.11. The second kappa shape index (κ2) is 10.2. The minimum Gasteiger partial charge on any atom is -0.452 e. The summed E-state index contributed by atoms with van der Waals surface area (Å²) in [6.45, 7) is -0.662. The Bertz CT molecular complexity index is 1320. The van der Waals surface area contributed by atoms with E-state index in [1.54, 1.807) is 6.07 Å². The SMILES string of the molecule is O=C(COC(=O)c1cccc(NS(=O)(=O)c2ccc(F)c(F)c2)c1)Nc1c(Cl)cccc1Cl. The molecular formula is C21H14Cl2F2N2O5S. The third-order valence-corrected chi connectivity index (χ3v) is 6.12. The summed E-state index contributed by atoms with van der Waals surface area (Å²) in [5, 5.41) is 2.82. The van der Waals surface area contributed by atoms with Crippen molar-refractivity contribution in [3.05, 3.63) is 87.9 Å². The van der Waals surface area contributed by atoms with Gasteiger partial charge in [0.05, 0.1) is 26.2 Å². The first kappa shape index (κ1) is 24.4. The summed E-state index contributed by atoms with van der Waals surface area (Å²) in [7, 11) is -4.26. The molecule has 0 aliphatic rings. The molecule has 0 heterocycles. The molecule has 1 amide bonds. The quantitative estimate of drug-likeness (QED) is 0.438. The van der Waals surface area contributed by atoms with Crippen LogP contribution in [0.2, 0.25) is 10.0 Å². The van der Waals surface area contributed by atoms with Gasteiger partial charge in [-0.2, -0.15) is 0 Å². The van der Waals surface area contributed by atoms with Crippen molar-refractivity contribution in [3.8, 4) is 0 Å². The zero-order chi connectivity index (χ0) is 24.2. The summed E-state index contributed by atoms with van der Waals surface area (Å²) in [6, 6.07) is 11.9. The van der Waals surface area contributed by atoms with Crippen molar-refractivity contribution in [2.45, 2.75) is 4.90 Å². The van der Waals surface area contributed by atoms with Gasteiger partial charge in [-0.05, 0) is 48.5 Å². The van der Waals surface area contributed by atoms with Crippen molar-refractivity contribution < 1.29 is 31.5 Å². The fourth-order valence-electron chi connectivity index (χ4n) is 2.57. The monoisotopic (exact) mass is 514 g/mol. The highest BCUT2D eigenvalue weighted by atomic mass is 35.5. The van der Waals surface area contributed by atoms with E-state index in [0.717, 1.165) is 12.1 Å². The zero-order valence-corrected chi connectivity index (χ0v) is 18.8. The molecule has 0 aliphatic carbocycles. The first-order valence-corrected chi connectivity index (χ1v) is 11.3. The molecule has 3 rings (SSSR count). The van der Waals surface area contributed by atoms with Crippen LogP contribution in [-0.2, 0) is 19.6 Å². The maximum atomic E-state index is 13.4. The van der Waals surface area contributed by atoms with E-state index in [2.05, 4.69) is 10.0 Å². The number of benzene rings is 3. The topological polar surface area (TPSA) is 102 Å². The van der Waals surface area contributed by atoms with E-state index in [9.17, 15) is 26.8 Å². The van der Waals surface area contributed by atoms with Crippen molar-refractivity contribution in [1.29, 1.82) is 0 Å². The summed E-state index contributed by atoms with van der Waals surface area (Å²) in [5.74, 6) is -4.14. The zero-order valence-electron chi connectivity index (χ0n) is 16.4. The van der Waals surface area contributed by atoms with Crippen LogP contribution in [0, 0.1) is 11.6 Å². The fourth-order valence-corrected chi connectivity index (χ4v) is 4.13. The average molecular weight is 515 g/mol. The Morgan fingerprint density at radius 1 is 0.909 bits per heavy atom. The number of sulfonamides is 1. The molecule has 172 valence electrons. The number of esters is 1. The van der Waals surface area contributed by atoms with Crippen LogP contribution >= 0.6 is 23.2 Å². The molecule has 33 heavy (non-hydrogen) atoms. The van der Waals surface area contributed by atoms with Crippen LogP contribution in [0.5, 0.6) is 0 Å². The molecule has 3 aromatic rings. The van der Waals surface area contributed by atoms with E-state index < -0.39 is 45.0 Å². The molecule has 3 aromatic carbocycles. The molecule has 12 heteroatoms. The highest BCUT2D eigenvalue weighted by Gasteiger charge is 2.18. The molecule has 0 unspecified atom stereocenters. The van der Waals surface area contributed by atoms with Crippen LogP contribution in [-0.4, -0.2) is 26.9 Å². The van der Waals surface area contributed by atoms with Gasteiger partial charge in [0.2, 0.25) is 0 Å². The maximum Gasteiger partial charge on any atom is 0.338 e. The lowest BCUT2D eigenvalue weighted by Gasteiger charge is -2.11. The third kappa shape index (κ3) is 6.19. The van der Waals surface area contributed by atoms with Gasteiger partial charge in [-0.25, -0.2) is 22.0 Å². The number of para-hydroxylation sites is 1. The van der Waals surface area contributed by atoms with Crippen LogP contribution < -0.4 is 10.0 Å². The maximum absolute atomic E-state index is 13.4. The van der Waals surface area contributed by atoms with E-state index in [1.165, 1.54) is 30.3 Å². The normalized spacial score (nSPS) is 11.0. The van der Waals surface area contributed by atoms with E-state index in [1.807, 2.05) is 0 Å². The molecule has 0 atom stereocenters. The van der Waals surface area contributed by atoms with Crippen LogP contribution in [0.1, 0.15) is 10.4 Å². The molecular weight excluding hydrogens is 501 g/mol. The Morgan fingerprint density at radius 3 is 2.24 bits per heavy atom. The van der Waals surface area contributed by atoms with Crippen molar-refractivity contribution in [2.75, 3.05) is 16.6 Å². The number of ether oxygens (including phenoxy) is 1. The number of hydrogen-bond acceptors (Lipinski definition) is 5. The lowest BCUT2D eigenvalue weighted by atomic mass is 10.2. The summed E-state index contributed by atoms with van der Waals surface area (Å²) in [6.07, 6.45) is 0. The summed E-state index contributed by atoms with van der Waals surface area (Å²) < 4.78 is 58.3. The van der Waals surface area contributed by atoms with Crippen LogP contribution in [0.3, 0.4) is 0 Å². The van der Waals surface area contributed by atoms with Gasteiger partial charge in [0.25, 0.3) is 15.9 Å². The van der Waals surface area contributed by atoms with Gasteiger partial charge in [-0.15, -0.1) is 0 Å². The lowest BCUT2D eigenvalue weighted by Crippen LogP contribution is -2.21. The number of anilines is 2. The standard InChI is InChI=1S/C21H14Cl2F2N2O5S/c22-15-5-2-6-16(23)20(15)26-19(28)11-32-21(29)12-3-1-4-13(9-12)27-33(30,31)14-7-8-17(24)18(25)10-14/h1-10,27H,11H2,(H,26,28). The second-order valence-corrected chi connectivity index (χ2v) is 8.98. The van der Waals surface area contributed by atoms with Crippen molar-refractivity contribution in [3.63, 3.8) is 0 Å². The Hall–Kier alpha value is -3.21. The predicted octanol–water partition coefficient (Wildman–Crippen LogP) is 4.87. The number of halogens is 4. The van der Waals surface area contributed by atoms with Crippen molar-refractivity contribution >= 4 is 56.5 Å². The Labute approximate surface area is 197 Å². The Balaban J connectivity index is 1.65. The number of rotatable bonds is 7. The fraction of sp³-hybridized carbons (Fsp3) is 0.0476. The van der Waals surface area contributed by atoms with Crippen LogP contribution in [0.4, 0.5) is 20.2 Å². The highest BCUT2D eigenvalue weighted by molar-refractivity contribution is 7.92.